The van der Waals surface area contributed by atoms with E-state index in [-0.39, 0.29) is 0 Å². The highest BCUT2D eigenvalue weighted by atomic mass is 16.5. The summed E-state index contributed by atoms with van der Waals surface area (Å²) in [5.74, 6) is 0.875. The van der Waals surface area contributed by atoms with Crippen LogP contribution in [0, 0.1) is 0 Å². The first-order valence-corrected chi connectivity index (χ1v) is 9.01. The Morgan fingerprint density at radius 2 is 1.04 bits per heavy atom. The largest absolute Gasteiger partial charge is 0.497 e. The maximum absolute atomic E-state index is 5.25. The van der Waals surface area contributed by atoms with Crippen LogP contribution in [0.2, 0.25) is 0 Å². The van der Waals surface area contributed by atoms with Crippen molar-refractivity contribution < 1.29 is 4.74 Å². The topological polar surface area (TPSA) is 14.2 Å². The number of rotatable bonds is 2. The quantitative estimate of drug-likeness (QED) is 0.391. The molecule has 0 amide bonds. The molecule has 3 aromatic carbocycles. The molecule has 130 valence electrons. The molecule has 1 aromatic heterocycles. The van der Waals surface area contributed by atoms with Crippen molar-refractivity contribution in [1.29, 1.82) is 0 Å². The Morgan fingerprint density at radius 3 is 1.48 bits per heavy atom. The van der Waals surface area contributed by atoms with Crippen LogP contribution < -0.4 is 4.74 Å². The van der Waals surface area contributed by atoms with Gasteiger partial charge in [0.25, 0.3) is 0 Å². The molecule has 4 rings (SSSR count). The highest BCUT2D eigenvalue weighted by Crippen LogP contribution is 2.31. The predicted molar refractivity (Wildman–Crippen MR) is 110 cm³/mol. The molecular weight excluding hydrogens is 306 g/mol. The molecule has 2 nitrogen and oxygen atoms in total. The Hall–Kier alpha value is -2.74. The molecular formula is C23H27NO. The van der Waals surface area contributed by atoms with Crippen molar-refractivity contribution in [2.45, 2.75) is 27.7 Å². The zero-order valence-electron chi connectivity index (χ0n) is 15.8. The van der Waals surface area contributed by atoms with Crippen LogP contribution >= 0.6 is 0 Å². The lowest BCUT2D eigenvalue weighted by atomic mass is 10.2. The molecule has 0 aliphatic rings. The van der Waals surface area contributed by atoms with E-state index in [0.717, 1.165) is 11.4 Å². The molecule has 0 radical (unpaired) electrons. The highest BCUT2D eigenvalue weighted by molar-refractivity contribution is 6.09. The monoisotopic (exact) mass is 333 g/mol. The first kappa shape index (κ1) is 18.6. The van der Waals surface area contributed by atoms with Gasteiger partial charge >= 0.3 is 0 Å². The van der Waals surface area contributed by atoms with E-state index in [1.165, 1.54) is 21.8 Å². The molecule has 0 spiro atoms. The van der Waals surface area contributed by atoms with Gasteiger partial charge in [0.05, 0.1) is 18.1 Å². The summed E-state index contributed by atoms with van der Waals surface area (Å²) in [6.07, 6.45) is 0. The van der Waals surface area contributed by atoms with Gasteiger partial charge in [-0.3, -0.25) is 0 Å². The highest BCUT2D eigenvalue weighted by Gasteiger charge is 2.10. The Morgan fingerprint density at radius 1 is 0.600 bits per heavy atom. The normalized spacial score (nSPS) is 9.80. The lowest BCUT2D eigenvalue weighted by molar-refractivity contribution is 0.415. The fraction of sp³-hybridized carbons (Fsp3) is 0.217. The fourth-order valence-electron chi connectivity index (χ4n) is 2.93. The standard InChI is InChI=1S/C19H15NO.2C2H6/c1-21-15-12-10-14(11-13-15)20-18-8-4-2-6-16(18)17-7-3-5-9-19(17)20;2*1-2/h2-13H,1H3;2*1-2H3. The molecule has 25 heavy (non-hydrogen) atoms. The molecule has 0 bridgehead atoms. The van der Waals surface area contributed by atoms with Crippen LogP contribution in [0.15, 0.2) is 72.8 Å². The molecule has 0 atom stereocenters. The van der Waals surface area contributed by atoms with E-state index in [0.29, 0.717) is 0 Å². The third-order valence-corrected chi connectivity index (χ3v) is 3.91. The maximum Gasteiger partial charge on any atom is 0.119 e. The van der Waals surface area contributed by atoms with E-state index in [9.17, 15) is 0 Å². The minimum absolute atomic E-state index is 0.875. The lowest BCUT2D eigenvalue weighted by Gasteiger charge is -2.08. The summed E-state index contributed by atoms with van der Waals surface area (Å²) in [6, 6.07) is 25.2. The number of methoxy groups -OCH3 is 1. The van der Waals surface area contributed by atoms with Crippen LogP contribution in [0.5, 0.6) is 5.75 Å². The Balaban J connectivity index is 0.000000528. The molecule has 4 aromatic rings. The zero-order valence-corrected chi connectivity index (χ0v) is 15.8. The van der Waals surface area contributed by atoms with Gasteiger partial charge in [0.15, 0.2) is 0 Å². The first-order chi connectivity index (χ1) is 12.4. The van der Waals surface area contributed by atoms with Crippen LogP contribution in [0.4, 0.5) is 0 Å². The fourth-order valence-corrected chi connectivity index (χ4v) is 2.93. The van der Waals surface area contributed by atoms with Gasteiger partial charge in [-0.1, -0.05) is 64.1 Å². The van der Waals surface area contributed by atoms with E-state index >= 15 is 0 Å². The van der Waals surface area contributed by atoms with Crippen molar-refractivity contribution in [2.75, 3.05) is 7.11 Å². The molecule has 0 saturated carbocycles. The predicted octanol–water partition coefficient (Wildman–Crippen LogP) is 6.84. The molecule has 0 unspecified atom stereocenters. The Kier molecular flexibility index (Phi) is 6.64. The summed E-state index contributed by atoms with van der Waals surface area (Å²) in [6.45, 7) is 8.00. The van der Waals surface area contributed by atoms with Gasteiger partial charge in [-0.25, -0.2) is 0 Å². The number of fused-ring (bicyclic) bond motifs is 3. The molecule has 0 fully saturated rings. The van der Waals surface area contributed by atoms with Gasteiger partial charge in [-0.05, 0) is 36.4 Å². The number of nitrogens with zero attached hydrogens (tertiary/aromatic N) is 1. The second-order valence-corrected chi connectivity index (χ2v) is 5.07. The molecule has 2 heteroatoms. The van der Waals surface area contributed by atoms with Crippen LogP contribution in [0.1, 0.15) is 27.7 Å². The number of ether oxygens (including phenoxy) is 1. The van der Waals surface area contributed by atoms with E-state index in [1.807, 2.05) is 39.8 Å². The van der Waals surface area contributed by atoms with Crippen molar-refractivity contribution in [3.05, 3.63) is 72.8 Å². The Bertz CT molecular complexity index is 867. The van der Waals surface area contributed by atoms with Crippen molar-refractivity contribution in [2.24, 2.45) is 0 Å². The van der Waals surface area contributed by atoms with Gasteiger partial charge in [0.1, 0.15) is 5.75 Å². The van der Waals surface area contributed by atoms with Gasteiger partial charge in [-0.2, -0.15) is 0 Å². The average molecular weight is 333 g/mol. The van der Waals surface area contributed by atoms with E-state index in [1.54, 1.807) is 7.11 Å². The zero-order chi connectivity index (χ0) is 18.2. The molecule has 0 aliphatic carbocycles. The third kappa shape index (κ3) is 3.53. The molecule has 0 N–H and O–H groups in total. The van der Waals surface area contributed by atoms with Gasteiger partial charge < -0.3 is 9.30 Å². The average Bonchev–Trinajstić information content (AvgIpc) is 3.06. The summed E-state index contributed by atoms with van der Waals surface area (Å²) < 4.78 is 7.55. The second-order valence-electron chi connectivity index (χ2n) is 5.07. The minimum atomic E-state index is 0.875. The minimum Gasteiger partial charge on any atom is -0.497 e. The van der Waals surface area contributed by atoms with Crippen LogP contribution in [0.3, 0.4) is 0 Å². The number of benzene rings is 3. The van der Waals surface area contributed by atoms with Gasteiger partial charge in [0, 0.05) is 16.5 Å². The molecule has 0 aliphatic heterocycles. The van der Waals surface area contributed by atoms with Crippen molar-refractivity contribution in [3.8, 4) is 11.4 Å². The first-order valence-electron chi connectivity index (χ1n) is 9.01. The molecule has 0 saturated heterocycles. The Labute approximate surface area is 150 Å². The summed E-state index contributed by atoms with van der Waals surface area (Å²) >= 11 is 0. The number of hydrogen-bond acceptors (Lipinski definition) is 1. The SMILES string of the molecule is CC.CC.COc1ccc(-n2c3ccccc3c3ccccc32)cc1. The van der Waals surface area contributed by atoms with Gasteiger partial charge in [0.2, 0.25) is 0 Å². The summed E-state index contributed by atoms with van der Waals surface area (Å²) in [5, 5.41) is 2.56. The smallest absolute Gasteiger partial charge is 0.119 e. The van der Waals surface area contributed by atoms with E-state index in [2.05, 4.69) is 65.2 Å². The third-order valence-electron chi connectivity index (χ3n) is 3.91. The van der Waals surface area contributed by atoms with Gasteiger partial charge in [-0.15, -0.1) is 0 Å². The van der Waals surface area contributed by atoms with E-state index < -0.39 is 0 Å². The van der Waals surface area contributed by atoms with Crippen LogP contribution in [0.25, 0.3) is 27.5 Å². The van der Waals surface area contributed by atoms with Crippen LogP contribution in [-0.2, 0) is 0 Å². The summed E-state index contributed by atoms with van der Waals surface area (Å²) in [4.78, 5) is 0. The number of hydrogen-bond donors (Lipinski definition) is 0. The summed E-state index contributed by atoms with van der Waals surface area (Å²) in [7, 11) is 1.69. The number of para-hydroxylation sites is 2. The second kappa shape index (κ2) is 8.93. The maximum atomic E-state index is 5.25. The van der Waals surface area contributed by atoms with Crippen LogP contribution in [-0.4, -0.2) is 11.7 Å². The van der Waals surface area contributed by atoms with Crippen molar-refractivity contribution in [3.63, 3.8) is 0 Å². The lowest BCUT2D eigenvalue weighted by Crippen LogP contribution is -1.93. The molecule has 1 heterocycles. The van der Waals surface area contributed by atoms with E-state index in [4.69, 9.17) is 4.74 Å². The summed E-state index contributed by atoms with van der Waals surface area (Å²) in [5.41, 5.74) is 3.60. The number of aromatic nitrogens is 1. The van der Waals surface area contributed by atoms with Crippen molar-refractivity contribution in [1.82, 2.24) is 4.57 Å². The van der Waals surface area contributed by atoms with Crippen molar-refractivity contribution >= 4 is 21.8 Å².